The van der Waals surface area contributed by atoms with Crippen LogP contribution >= 0.6 is 34.8 Å². The van der Waals surface area contributed by atoms with Gasteiger partial charge in [0.25, 0.3) is 19.7 Å². The van der Waals surface area contributed by atoms with Gasteiger partial charge in [-0.15, -0.1) is 0 Å². The fourth-order valence-electron chi connectivity index (χ4n) is 2.46. The molecular weight excluding hydrogens is 381 g/mol. The van der Waals surface area contributed by atoms with Crippen LogP contribution in [0.15, 0.2) is 17.0 Å². The smallest absolute Gasteiger partial charge is 0.269 e. The molecule has 0 radical (unpaired) electrons. The zero-order chi connectivity index (χ0) is 18.0. The van der Waals surface area contributed by atoms with Crippen LogP contribution in [0.1, 0.15) is 36.5 Å². The van der Waals surface area contributed by atoms with E-state index in [0.717, 1.165) is 5.56 Å². The van der Waals surface area contributed by atoms with Gasteiger partial charge in [-0.05, 0) is 38.3 Å². The third-order valence-electron chi connectivity index (χ3n) is 3.34. The van der Waals surface area contributed by atoms with Crippen molar-refractivity contribution in [3.8, 4) is 0 Å². The quantitative estimate of drug-likeness (QED) is 0.692. The average Bonchev–Trinajstić information content (AvgIpc) is 2.35. The molecule has 0 aliphatic heterocycles. The second-order valence-electron chi connectivity index (χ2n) is 5.46. The summed E-state index contributed by atoms with van der Waals surface area (Å²) in [5, 5.41) is 0. The lowest BCUT2D eigenvalue weighted by Gasteiger charge is -2.27. The molecule has 8 heteroatoms. The molecule has 1 rings (SSSR count). The Kier molecular flexibility index (Phi) is 6.79. The number of rotatable bonds is 5. The molecule has 130 valence electrons. The molecule has 0 bridgehead atoms. The number of aryl methyl sites for hydroxylation is 3. The van der Waals surface area contributed by atoms with Gasteiger partial charge in [0, 0.05) is 6.54 Å². The van der Waals surface area contributed by atoms with Crippen molar-refractivity contribution < 1.29 is 13.2 Å². The van der Waals surface area contributed by atoms with E-state index < -0.39 is 19.7 Å². The minimum atomic E-state index is -4.10. The summed E-state index contributed by atoms with van der Waals surface area (Å²) in [7, 11) is -4.10. The maximum atomic E-state index is 13.0. The standard InChI is InChI=1S/C15H20Cl3NO3S/c1-5-6-7-19(14(20)15(16,17)18)23(21,22)13-11(3)8-10(2)9-12(13)4/h8-9H,5-7H2,1-4H3. The van der Waals surface area contributed by atoms with Crippen molar-refractivity contribution in [2.75, 3.05) is 6.54 Å². The Labute approximate surface area is 152 Å². The molecule has 1 aromatic carbocycles. The molecular formula is C15H20Cl3NO3S. The topological polar surface area (TPSA) is 54.5 Å². The van der Waals surface area contributed by atoms with E-state index in [4.69, 9.17) is 34.8 Å². The Bertz CT molecular complexity index is 673. The summed E-state index contributed by atoms with van der Waals surface area (Å²) in [6.45, 7) is 7.10. The van der Waals surface area contributed by atoms with Crippen molar-refractivity contribution in [1.29, 1.82) is 0 Å². The molecule has 4 nitrogen and oxygen atoms in total. The molecule has 0 unspecified atom stereocenters. The number of benzene rings is 1. The third kappa shape index (κ3) is 4.75. The summed E-state index contributed by atoms with van der Waals surface area (Å²) in [4.78, 5) is 12.4. The van der Waals surface area contributed by atoms with E-state index in [0.29, 0.717) is 28.3 Å². The predicted octanol–water partition coefficient (Wildman–Crippen LogP) is 4.30. The SMILES string of the molecule is CCCCN(C(=O)C(Cl)(Cl)Cl)S(=O)(=O)c1c(C)cc(C)cc1C. The molecule has 0 fully saturated rings. The fraction of sp³-hybridized carbons (Fsp3) is 0.533. The molecule has 0 aliphatic rings. The molecule has 0 atom stereocenters. The summed E-state index contributed by atoms with van der Waals surface area (Å²) in [6.07, 6.45) is 1.18. The summed E-state index contributed by atoms with van der Waals surface area (Å²) in [6, 6.07) is 3.50. The Morgan fingerprint density at radius 2 is 1.61 bits per heavy atom. The number of hydrogen-bond acceptors (Lipinski definition) is 3. The van der Waals surface area contributed by atoms with E-state index in [1.54, 1.807) is 26.0 Å². The summed E-state index contributed by atoms with van der Waals surface area (Å²) in [5.41, 5.74) is 2.05. The van der Waals surface area contributed by atoms with Gasteiger partial charge in [-0.25, -0.2) is 12.7 Å². The van der Waals surface area contributed by atoms with E-state index in [2.05, 4.69) is 0 Å². The largest absolute Gasteiger partial charge is 0.288 e. The Balaban J connectivity index is 3.48. The highest BCUT2D eigenvalue weighted by Crippen LogP contribution is 2.33. The number of amides is 1. The second kappa shape index (κ2) is 7.60. The number of unbranched alkanes of at least 4 members (excludes halogenated alkanes) is 1. The van der Waals surface area contributed by atoms with Crippen LogP contribution in [0.5, 0.6) is 0 Å². The molecule has 0 heterocycles. The van der Waals surface area contributed by atoms with Crippen LogP contribution in [0, 0.1) is 20.8 Å². The molecule has 0 spiro atoms. The second-order valence-corrected chi connectivity index (χ2v) is 9.54. The Hall–Kier alpha value is -0.490. The van der Waals surface area contributed by atoms with Gasteiger partial charge in [-0.1, -0.05) is 65.8 Å². The Morgan fingerprint density at radius 3 is 2.00 bits per heavy atom. The van der Waals surface area contributed by atoms with Gasteiger partial charge in [-0.2, -0.15) is 0 Å². The molecule has 1 amide bonds. The molecule has 0 aliphatic carbocycles. The number of hydrogen-bond donors (Lipinski definition) is 0. The first kappa shape index (κ1) is 20.6. The van der Waals surface area contributed by atoms with Crippen LogP contribution < -0.4 is 0 Å². The zero-order valence-corrected chi connectivity index (χ0v) is 16.6. The van der Waals surface area contributed by atoms with Crippen LogP contribution in [0.4, 0.5) is 0 Å². The molecule has 0 aromatic heterocycles. The molecule has 1 aromatic rings. The number of carbonyl (C=O) groups excluding carboxylic acids is 1. The van der Waals surface area contributed by atoms with E-state index in [9.17, 15) is 13.2 Å². The minimum Gasteiger partial charge on any atom is -0.269 e. The molecule has 0 saturated heterocycles. The van der Waals surface area contributed by atoms with Crippen LogP contribution in [0.3, 0.4) is 0 Å². The molecule has 0 N–H and O–H groups in total. The van der Waals surface area contributed by atoms with Gasteiger partial charge in [0.2, 0.25) is 0 Å². The maximum Gasteiger partial charge on any atom is 0.288 e. The van der Waals surface area contributed by atoms with Crippen LogP contribution in [0.25, 0.3) is 0 Å². The van der Waals surface area contributed by atoms with Gasteiger partial charge in [0.1, 0.15) is 0 Å². The summed E-state index contributed by atoms with van der Waals surface area (Å²) in [5.74, 6) is -1.06. The summed E-state index contributed by atoms with van der Waals surface area (Å²) >= 11 is 16.9. The van der Waals surface area contributed by atoms with Crippen molar-refractivity contribution in [1.82, 2.24) is 4.31 Å². The van der Waals surface area contributed by atoms with Gasteiger partial charge in [0.15, 0.2) is 0 Å². The van der Waals surface area contributed by atoms with Crippen molar-refractivity contribution in [3.63, 3.8) is 0 Å². The maximum absolute atomic E-state index is 13.0. The highest BCUT2D eigenvalue weighted by molar-refractivity contribution is 7.89. The lowest BCUT2D eigenvalue weighted by molar-refractivity contribution is -0.125. The lowest BCUT2D eigenvalue weighted by atomic mass is 10.1. The molecule has 0 saturated carbocycles. The van der Waals surface area contributed by atoms with Crippen LogP contribution in [0.2, 0.25) is 0 Å². The third-order valence-corrected chi connectivity index (χ3v) is 5.91. The highest BCUT2D eigenvalue weighted by atomic mass is 35.6. The van der Waals surface area contributed by atoms with Crippen molar-refractivity contribution in [3.05, 3.63) is 28.8 Å². The van der Waals surface area contributed by atoms with E-state index in [-0.39, 0.29) is 11.4 Å². The Morgan fingerprint density at radius 1 is 1.13 bits per heavy atom. The van der Waals surface area contributed by atoms with E-state index in [1.165, 1.54) is 0 Å². The van der Waals surface area contributed by atoms with Crippen LogP contribution in [-0.4, -0.2) is 29.0 Å². The van der Waals surface area contributed by atoms with E-state index in [1.807, 2.05) is 13.8 Å². The average molecular weight is 401 g/mol. The first-order chi connectivity index (χ1) is 10.4. The number of carbonyl (C=O) groups is 1. The minimum absolute atomic E-state index is 0.0294. The fourth-order valence-corrected chi connectivity index (χ4v) is 4.79. The highest BCUT2D eigenvalue weighted by Gasteiger charge is 2.41. The number of nitrogens with zero attached hydrogens (tertiary/aromatic N) is 1. The first-order valence-corrected chi connectivity index (χ1v) is 9.72. The van der Waals surface area contributed by atoms with Crippen molar-refractivity contribution in [2.45, 2.75) is 49.2 Å². The predicted molar refractivity (Wildman–Crippen MR) is 94.7 cm³/mol. The van der Waals surface area contributed by atoms with Crippen molar-refractivity contribution >= 4 is 50.7 Å². The number of halogens is 3. The van der Waals surface area contributed by atoms with Gasteiger partial charge in [0.05, 0.1) is 4.90 Å². The number of alkyl halides is 3. The number of sulfonamides is 1. The van der Waals surface area contributed by atoms with Gasteiger partial charge < -0.3 is 0 Å². The zero-order valence-electron chi connectivity index (χ0n) is 13.5. The monoisotopic (exact) mass is 399 g/mol. The lowest BCUT2D eigenvalue weighted by Crippen LogP contribution is -2.44. The van der Waals surface area contributed by atoms with Gasteiger partial charge >= 0.3 is 0 Å². The molecule has 23 heavy (non-hydrogen) atoms. The summed E-state index contributed by atoms with van der Waals surface area (Å²) < 4.78 is 24.4. The van der Waals surface area contributed by atoms with E-state index >= 15 is 0 Å². The van der Waals surface area contributed by atoms with Crippen LogP contribution in [-0.2, 0) is 14.8 Å². The van der Waals surface area contributed by atoms with Crippen molar-refractivity contribution in [2.24, 2.45) is 0 Å². The normalized spacial score (nSPS) is 12.3. The first-order valence-electron chi connectivity index (χ1n) is 7.14. The van der Waals surface area contributed by atoms with Gasteiger partial charge in [-0.3, -0.25) is 4.79 Å².